The molecule has 0 aromatic heterocycles. The third-order valence-corrected chi connectivity index (χ3v) is 3.65. The SMILES string of the molecule is CC(C)C1C(=O)NCC(=O)N1C(C)c1cccc(F)c1. The summed E-state index contributed by atoms with van der Waals surface area (Å²) in [6, 6.07) is 5.29. The molecule has 2 unspecified atom stereocenters. The average molecular weight is 278 g/mol. The Labute approximate surface area is 118 Å². The second-order valence-electron chi connectivity index (χ2n) is 5.44. The maximum absolute atomic E-state index is 13.3. The molecule has 1 heterocycles. The molecule has 1 N–H and O–H groups in total. The number of nitrogens with one attached hydrogen (secondary N) is 1. The molecular formula is C15H19FN2O2. The maximum atomic E-state index is 13.3. The first-order valence-electron chi connectivity index (χ1n) is 6.76. The Morgan fingerprint density at radius 2 is 2.00 bits per heavy atom. The summed E-state index contributed by atoms with van der Waals surface area (Å²) in [6.07, 6.45) is 0. The van der Waals surface area contributed by atoms with Gasteiger partial charge in [-0.05, 0) is 30.5 Å². The van der Waals surface area contributed by atoms with Crippen molar-refractivity contribution in [3.63, 3.8) is 0 Å². The lowest BCUT2D eigenvalue weighted by atomic mass is 9.95. The molecule has 20 heavy (non-hydrogen) atoms. The third kappa shape index (κ3) is 2.66. The van der Waals surface area contributed by atoms with Gasteiger partial charge in [0.2, 0.25) is 11.8 Å². The van der Waals surface area contributed by atoms with Gasteiger partial charge in [-0.15, -0.1) is 0 Å². The lowest BCUT2D eigenvalue weighted by Gasteiger charge is -2.41. The monoisotopic (exact) mass is 278 g/mol. The molecule has 0 saturated carbocycles. The molecule has 1 fully saturated rings. The van der Waals surface area contributed by atoms with Crippen molar-refractivity contribution in [1.29, 1.82) is 0 Å². The first kappa shape index (κ1) is 14.5. The highest BCUT2D eigenvalue weighted by Gasteiger charge is 2.39. The number of hydrogen-bond acceptors (Lipinski definition) is 2. The molecule has 0 aliphatic carbocycles. The average Bonchev–Trinajstić information content (AvgIpc) is 2.40. The van der Waals surface area contributed by atoms with Crippen molar-refractivity contribution >= 4 is 11.8 Å². The van der Waals surface area contributed by atoms with Crippen LogP contribution in [0, 0.1) is 11.7 Å². The minimum atomic E-state index is -0.519. The van der Waals surface area contributed by atoms with Gasteiger partial charge >= 0.3 is 0 Å². The quantitative estimate of drug-likeness (QED) is 0.917. The zero-order valence-corrected chi connectivity index (χ0v) is 11.9. The Hall–Kier alpha value is -1.91. The molecule has 4 nitrogen and oxygen atoms in total. The number of benzene rings is 1. The Balaban J connectivity index is 2.35. The van der Waals surface area contributed by atoms with E-state index < -0.39 is 6.04 Å². The molecule has 0 radical (unpaired) electrons. The van der Waals surface area contributed by atoms with Crippen LogP contribution in [0.5, 0.6) is 0 Å². The Kier molecular flexibility index (Phi) is 4.06. The number of piperazine rings is 1. The minimum absolute atomic E-state index is 0.00170. The van der Waals surface area contributed by atoms with Crippen LogP contribution in [-0.2, 0) is 9.59 Å². The molecule has 1 aromatic carbocycles. The summed E-state index contributed by atoms with van der Waals surface area (Å²) in [5.41, 5.74) is 0.693. The van der Waals surface area contributed by atoms with Crippen LogP contribution in [0.25, 0.3) is 0 Å². The minimum Gasteiger partial charge on any atom is -0.345 e. The number of halogens is 1. The second kappa shape index (κ2) is 5.61. The van der Waals surface area contributed by atoms with E-state index in [0.29, 0.717) is 5.56 Å². The van der Waals surface area contributed by atoms with Gasteiger partial charge in [0.05, 0.1) is 12.6 Å². The summed E-state index contributed by atoms with van der Waals surface area (Å²) in [5.74, 6) is -0.637. The first-order chi connectivity index (χ1) is 9.41. The van der Waals surface area contributed by atoms with Crippen molar-refractivity contribution < 1.29 is 14.0 Å². The van der Waals surface area contributed by atoms with E-state index in [1.165, 1.54) is 12.1 Å². The fourth-order valence-corrected chi connectivity index (χ4v) is 2.65. The molecule has 2 amide bonds. The summed E-state index contributed by atoms with van der Waals surface area (Å²) in [5, 5.41) is 2.61. The van der Waals surface area contributed by atoms with Crippen LogP contribution in [0.1, 0.15) is 32.4 Å². The molecule has 108 valence electrons. The van der Waals surface area contributed by atoms with Crippen molar-refractivity contribution in [2.75, 3.05) is 6.54 Å². The molecule has 1 aliphatic heterocycles. The zero-order chi connectivity index (χ0) is 14.9. The number of nitrogens with zero attached hydrogens (tertiary/aromatic N) is 1. The topological polar surface area (TPSA) is 49.4 Å². The number of carbonyl (C=O) groups excluding carboxylic acids is 2. The normalized spacial score (nSPS) is 21.1. The molecule has 0 spiro atoms. The van der Waals surface area contributed by atoms with Crippen LogP contribution < -0.4 is 5.32 Å². The van der Waals surface area contributed by atoms with Crippen molar-refractivity contribution in [2.45, 2.75) is 32.9 Å². The fourth-order valence-electron chi connectivity index (χ4n) is 2.65. The van der Waals surface area contributed by atoms with E-state index in [4.69, 9.17) is 0 Å². The van der Waals surface area contributed by atoms with Crippen molar-refractivity contribution in [2.24, 2.45) is 5.92 Å². The number of hydrogen-bond donors (Lipinski definition) is 1. The molecule has 2 atom stereocenters. The Morgan fingerprint density at radius 3 is 2.60 bits per heavy atom. The Morgan fingerprint density at radius 1 is 1.30 bits per heavy atom. The molecule has 0 bridgehead atoms. The molecule has 5 heteroatoms. The van der Waals surface area contributed by atoms with Gasteiger partial charge in [0.1, 0.15) is 11.9 Å². The molecular weight excluding hydrogens is 259 g/mol. The first-order valence-corrected chi connectivity index (χ1v) is 6.76. The number of amides is 2. The Bertz CT molecular complexity index is 530. The smallest absolute Gasteiger partial charge is 0.243 e. The van der Waals surface area contributed by atoms with Crippen LogP contribution in [0.2, 0.25) is 0 Å². The van der Waals surface area contributed by atoms with Gasteiger partial charge in [0, 0.05) is 0 Å². The van der Waals surface area contributed by atoms with Crippen LogP contribution in [0.4, 0.5) is 4.39 Å². The van der Waals surface area contributed by atoms with Crippen LogP contribution in [-0.4, -0.2) is 29.3 Å². The molecule has 2 rings (SSSR count). The van der Waals surface area contributed by atoms with E-state index in [-0.39, 0.29) is 36.1 Å². The molecule has 1 saturated heterocycles. The van der Waals surface area contributed by atoms with E-state index in [0.717, 1.165) is 0 Å². The number of rotatable bonds is 3. The predicted octanol–water partition coefficient (Wildman–Crippen LogP) is 1.87. The highest BCUT2D eigenvalue weighted by atomic mass is 19.1. The summed E-state index contributed by atoms with van der Waals surface area (Å²) in [4.78, 5) is 25.8. The van der Waals surface area contributed by atoms with E-state index in [1.54, 1.807) is 17.0 Å². The van der Waals surface area contributed by atoms with E-state index in [9.17, 15) is 14.0 Å². The van der Waals surface area contributed by atoms with Gasteiger partial charge in [-0.1, -0.05) is 26.0 Å². The second-order valence-corrected chi connectivity index (χ2v) is 5.44. The highest BCUT2D eigenvalue weighted by Crippen LogP contribution is 2.27. The van der Waals surface area contributed by atoms with Gasteiger partial charge in [-0.2, -0.15) is 0 Å². The standard InChI is InChI=1S/C15H19FN2O2/c1-9(2)14-15(20)17-8-13(19)18(14)10(3)11-5-4-6-12(16)7-11/h4-7,9-10,14H,8H2,1-3H3,(H,17,20). The van der Waals surface area contributed by atoms with Crippen molar-refractivity contribution in [3.8, 4) is 0 Å². The van der Waals surface area contributed by atoms with Crippen LogP contribution >= 0.6 is 0 Å². The number of carbonyl (C=O) groups is 2. The lowest BCUT2D eigenvalue weighted by Crippen LogP contribution is -2.60. The van der Waals surface area contributed by atoms with Gasteiger partial charge in [0.15, 0.2) is 0 Å². The lowest BCUT2D eigenvalue weighted by molar-refractivity contribution is -0.150. The van der Waals surface area contributed by atoms with Gasteiger partial charge in [-0.25, -0.2) is 4.39 Å². The van der Waals surface area contributed by atoms with Gasteiger partial charge < -0.3 is 10.2 Å². The third-order valence-electron chi connectivity index (χ3n) is 3.65. The van der Waals surface area contributed by atoms with Gasteiger partial charge in [0.25, 0.3) is 0 Å². The van der Waals surface area contributed by atoms with E-state index >= 15 is 0 Å². The van der Waals surface area contributed by atoms with Gasteiger partial charge in [-0.3, -0.25) is 9.59 Å². The van der Waals surface area contributed by atoms with E-state index in [1.807, 2.05) is 20.8 Å². The fraction of sp³-hybridized carbons (Fsp3) is 0.467. The summed E-state index contributed by atoms with van der Waals surface area (Å²) in [6.45, 7) is 5.62. The summed E-state index contributed by atoms with van der Waals surface area (Å²) < 4.78 is 13.3. The highest BCUT2D eigenvalue weighted by molar-refractivity contribution is 5.95. The summed E-state index contributed by atoms with van der Waals surface area (Å²) in [7, 11) is 0. The molecule has 1 aromatic rings. The predicted molar refractivity (Wildman–Crippen MR) is 73.3 cm³/mol. The van der Waals surface area contributed by atoms with Crippen molar-refractivity contribution in [1.82, 2.24) is 10.2 Å². The van der Waals surface area contributed by atoms with E-state index in [2.05, 4.69) is 5.32 Å². The van der Waals surface area contributed by atoms with Crippen LogP contribution in [0.15, 0.2) is 24.3 Å². The zero-order valence-electron chi connectivity index (χ0n) is 11.9. The molecule has 1 aliphatic rings. The maximum Gasteiger partial charge on any atom is 0.243 e. The van der Waals surface area contributed by atoms with Crippen LogP contribution in [0.3, 0.4) is 0 Å². The van der Waals surface area contributed by atoms with Crippen molar-refractivity contribution in [3.05, 3.63) is 35.6 Å². The summed E-state index contributed by atoms with van der Waals surface area (Å²) >= 11 is 0. The largest absolute Gasteiger partial charge is 0.345 e.